The van der Waals surface area contributed by atoms with Crippen molar-refractivity contribution in [2.75, 3.05) is 11.4 Å². The van der Waals surface area contributed by atoms with E-state index in [1.165, 1.54) is 0 Å². The van der Waals surface area contributed by atoms with Gasteiger partial charge in [0.25, 0.3) is 0 Å². The summed E-state index contributed by atoms with van der Waals surface area (Å²) < 4.78 is 0. The Morgan fingerprint density at radius 3 is 2.90 bits per heavy atom. The van der Waals surface area contributed by atoms with Crippen molar-refractivity contribution in [3.05, 3.63) is 41.5 Å². The molecule has 104 valence electrons. The van der Waals surface area contributed by atoms with Gasteiger partial charge in [0.2, 0.25) is 5.91 Å². The van der Waals surface area contributed by atoms with Crippen molar-refractivity contribution in [3.63, 3.8) is 0 Å². The normalized spacial score (nSPS) is 20.2. The Balaban J connectivity index is 1.76. The standard InChI is InChI=1S/C16H17NO3/c18-15(9-11-3-1-2-4-11)17-8-7-12-10-13(16(19)20)5-6-14(12)17/h1,3,5-6,10-11H,2,4,7-9H2,(H,19,20). The molecule has 4 heteroatoms. The summed E-state index contributed by atoms with van der Waals surface area (Å²) in [7, 11) is 0. The number of nitrogens with zero attached hydrogens (tertiary/aromatic N) is 1. The number of allylic oxidation sites excluding steroid dienone is 2. The maximum Gasteiger partial charge on any atom is 0.335 e. The Morgan fingerprint density at radius 1 is 1.35 bits per heavy atom. The minimum absolute atomic E-state index is 0.142. The minimum atomic E-state index is -0.923. The number of aromatic carboxylic acids is 1. The van der Waals surface area contributed by atoms with Crippen molar-refractivity contribution >= 4 is 17.6 Å². The van der Waals surface area contributed by atoms with Crippen LogP contribution in [0.4, 0.5) is 5.69 Å². The molecule has 1 aromatic rings. The summed E-state index contributed by atoms with van der Waals surface area (Å²) in [6.07, 6.45) is 7.68. The quantitative estimate of drug-likeness (QED) is 0.860. The topological polar surface area (TPSA) is 57.6 Å². The molecule has 20 heavy (non-hydrogen) atoms. The van der Waals surface area contributed by atoms with Crippen LogP contribution in [0.3, 0.4) is 0 Å². The zero-order valence-corrected chi connectivity index (χ0v) is 11.2. The summed E-state index contributed by atoms with van der Waals surface area (Å²) in [6.45, 7) is 0.660. The molecule has 1 aliphatic carbocycles. The number of rotatable bonds is 3. The highest BCUT2D eigenvalue weighted by Gasteiger charge is 2.27. The van der Waals surface area contributed by atoms with Gasteiger partial charge in [0.15, 0.2) is 0 Å². The van der Waals surface area contributed by atoms with Crippen LogP contribution in [0.25, 0.3) is 0 Å². The maximum atomic E-state index is 12.4. The molecule has 0 saturated heterocycles. The van der Waals surface area contributed by atoms with Gasteiger partial charge in [0.05, 0.1) is 5.56 Å². The highest BCUT2D eigenvalue weighted by atomic mass is 16.4. The van der Waals surface area contributed by atoms with Crippen molar-refractivity contribution in [3.8, 4) is 0 Å². The van der Waals surface area contributed by atoms with Crippen LogP contribution in [0.2, 0.25) is 0 Å². The molecule has 1 unspecified atom stereocenters. The molecule has 1 aromatic carbocycles. The molecule has 2 aliphatic rings. The summed E-state index contributed by atoms with van der Waals surface area (Å²) in [6, 6.07) is 5.01. The lowest BCUT2D eigenvalue weighted by Crippen LogP contribution is -2.30. The molecule has 0 radical (unpaired) electrons. The van der Waals surface area contributed by atoms with Gasteiger partial charge in [-0.15, -0.1) is 0 Å². The van der Waals surface area contributed by atoms with E-state index in [1.54, 1.807) is 23.1 Å². The summed E-state index contributed by atoms with van der Waals surface area (Å²) in [4.78, 5) is 25.1. The number of fused-ring (bicyclic) bond motifs is 1. The molecule has 1 N–H and O–H groups in total. The van der Waals surface area contributed by atoms with E-state index in [0.717, 1.165) is 30.5 Å². The lowest BCUT2D eigenvalue weighted by atomic mass is 10.0. The molecule has 0 aromatic heterocycles. The molecule has 1 amide bonds. The van der Waals surface area contributed by atoms with Gasteiger partial charge in [0.1, 0.15) is 0 Å². The average Bonchev–Trinajstić information content (AvgIpc) is 3.06. The average molecular weight is 271 g/mol. The van der Waals surface area contributed by atoms with Crippen molar-refractivity contribution in [2.24, 2.45) is 5.92 Å². The van der Waals surface area contributed by atoms with E-state index in [2.05, 4.69) is 12.2 Å². The predicted molar refractivity (Wildman–Crippen MR) is 75.9 cm³/mol. The van der Waals surface area contributed by atoms with E-state index in [-0.39, 0.29) is 11.5 Å². The third-order valence-electron chi connectivity index (χ3n) is 4.07. The summed E-state index contributed by atoms with van der Waals surface area (Å²) in [5.41, 5.74) is 2.12. The van der Waals surface area contributed by atoms with Crippen LogP contribution in [0.15, 0.2) is 30.4 Å². The molecule has 0 bridgehead atoms. The van der Waals surface area contributed by atoms with E-state index < -0.39 is 5.97 Å². The second-order valence-corrected chi connectivity index (χ2v) is 5.41. The van der Waals surface area contributed by atoms with Gasteiger partial charge >= 0.3 is 5.97 Å². The SMILES string of the molecule is O=C(O)c1ccc2c(c1)CCN2C(=O)CC1C=CCC1. The first kappa shape index (κ1) is 12.9. The smallest absolute Gasteiger partial charge is 0.335 e. The van der Waals surface area contributed by atoms with Crippen LogP contribution >= 0.6 is 0 Å². The van der Waals surface area contributed by atoms with Crippen LogP contribution in [-0.2, 0) is 11.2 Å². The first-order valence-electron chi connectivity index (χ1n) is 6.98. The van der Waals surface area contributed by atoms with Crippen LogP contribution in [0.5, 0.6) is 0 Å². The second-order valence-electron chi connectivity index (χ2n) is 5.41. The largest absolute Gasteiger partial charge is 0.478 e. The summed E-state index contributed by atoms with van der Waals surface area (Å²) in [5.74, 6) is -0.415. The van der Waals surface area contributed by atoms with Gasteiger partial charge in [-0.25, -0.2) is 4.79 Å². The Kier molecular flexibility index (Phi) is 3.30. The molecular weight excluding hydrogens is 254 g/mol. The van der Waals surface area contributed by atoms with Crippen molar-refractivity contribution < 1.29 is 14.7 Å². The van der Waals surface area contributed by atoms with E-state index in [4.69, 9.17) is 5.11 Å². The maximum absolute atomic E-state index is 12.4. The molecule has 4 nitrogen and oxygen atoms in total. The van der Waals surface area contributed by atoms with Crippen LogP contribution in [0.1, 0.15) is 35.2 Å². The molecule has 0 fully saturated rings. The fourth-order valence-electron chi connectivity index (χ4n) is 2.99. The van der Waals surface area contributed by atoms with E-state index in [9.17, 15) is 9.59 Å². The first-order valence-corrected chi connectivity index (χ1v) is 6.98. The lowest BCUT2D eigenvalue weighted by Gasteiger charge is -2.19. The zero-order valence-electron chi connectivity index (χ0n) is 11.2. The lowest BCUT2D eigenvalue weighted by molar-refractivity contribution is -0.119. The van der Waals surface area contributed by atoms with Gasteiger partial charge in [-0.05, 0) is 48.9 Å². The van der Waals surface area contributed by atoms with Gasteiger partial charge in [0, 0.05) is 18.7 Å². The number of amides is 1. The molecule has 1 aliphatic heterocycles. The Bertz CT molecular complexity index is 591. The van der Waals surface area contributed by atoms with Crippen LogP contribution < -0.4 is 4.90 Å². The number of hydrogen-bond acceptors (Lipinski definition) is 2. The fraction of sp³-hybridized carbons (Fsp3) is 0.375. The third-order valence-corrected chi connectivity index (χ3v) is 4.07. The number of carboxylic acids is 1. The number of hydrogen-bond donors (Lipinski definition) is 1. The number of benzene rings is 1. The van der Waals surface area contributed by atoms with E-state index >= 15 is 0 Å². The Hall–Kier alpha value is -2.10. The molecular formula is C16H17NO3. The van der Waals surface area contributed by atoms with Gasteiger partial charge in [-0.3, -0.25) is 4.79 Å². The van der Waals surface area contributed by atoms with Crippen LogP contribution in [0, 0.1) is 5.92 Å². The monoisotopic (exact) mass is 271 g/mol. The van der Waals surface area contributed by atoms with Gasteiger partial charge < -0.3 is 10.0 Å². The summed E-state index contributed by atoms with van der Waals surface area (Å²) in [5, 5.41) is 8.99. The molecule has 0 saturated carbocycles. The van der Waals surface area contributed by atoms with Crippen molar-refractivity contribution in [1.29, 1.82) is 0 Å². The number of anilines is 1. The van der Waals surface area contributed by atoms with Gasteiger partial charge in [-0.2, -0.15) is 0 Å². The highest BCUT2D eigenvalue weighted by molar-refractivity contribution is 5.97. The zero-order chi connectivity index (χ0) is 14.1. The number of carbonyl (C=O) groups is 2. The highest BCUT2D eigenvalue weighted by Crippen LogP contribution is 2.31. The molecule has 3 rings (SSSR count). The van der Waals surface area contributed by atoms with E-state index in [0.29, 0.717) is 18.9 Å². The second kappa shape index (κ2) is 5.12. The van der Waals surface area contributed by atoms with Crippen molar-refractivity contribution in [1.82, 2.24) is 0 Å². The van der Waals surface area contributed by atoms with Crippen LogP contribution in [-0.4, -0.2) is 23.5 Å². The predicted octanol–water partition coefficient (Wildman–Crippen LogP) is 2.63. The fourth-order valence-corrected chi connectivity index (χ4v) is 2.99. The Morgan fingerprint density at radius 2 is 2.20 bits per heavy atom. The molecule has 1 atom stereocenters. The first-order chi connectivity index (χ1) is 9.65. The van der Waals surface area contributed by atoms with Gasteiger partial charge in [-0.1, -0.05) is 12.2 Å². The molecule has 0 spiro atoms. The third kappa shape index (κ3) is 2.33. The minimum Gasteiger partial charge on any atom is -0.478 e. The van der Waals surface area contributed by atoms with Crippen molar-refractivity contribution in [2.45, 2.75) is 25.7 Å². The number of carbonyl (C=O) groups excluding carboxylic acids is 1. The number of carboxylic acid groups (broad SMARTS) is 1. The molecule has 1 heterocycles. The van der Waals surface area contributed by atoms with E-state index in [1.807, 2.05) is 0 Å². The summed E-state index contributed by atoms with van der Waals surface area (Å²) >= 11 is 0. The Labute approximate surface area is 117 Å².